The van der Waals surface area contributed by atoms with Crippen molar-refractivity contribution in [3.05, 3.63) is 53.8 Å². The summed E-state index contributed by atoms with van der Waals surface area (Å²) in [6.07, 6.45) is 0.204. The molecule has 0 radical (unpaired) electrons. The first-order valence-electron chi connectivity index (χ1n) is 6.63. The molecule has 0 fully saturated rings. The van der Waals surface area contributed by atoms with Gasteiger partial charge in [-0.2, -0.15) is 0 Å². The molecule has 0 unspecified atom stereocenters. The third-order valence-electron chi connectivity index (χ3n) is 3.11. The van der Waals surface area contributed by atoms with E-state index in [0.717, 1.165) is 5.56 Å². The summed E-state index contributed by atoms with van der Waals surface area (Å²) < 4.78 is 19.4. The maximum Gasteiger partial charge on any atom is 0.230 e. The van der Waals surface area contributed by atoms with Crippen molar-refractivity contribution in [3.63, 3.8) is 0 Å². The monoisotopic (exact) mass is 316 g/mol. The number of hydrogen-bond donors (Lipinski definition) is 1. The quantitative estimate of drug-likeness (QED) is 0.800. The van der Waals surface area contributed by atoms with Crippen LogP contribution in [0.5, 0.6) is 5.75 Å². The van der Waals surface area contributed by atoms with Gasteiger partial charge in [-0.1, -0.05) is 29.5 Å². The lowest BCUT2D eigenvalue weighted by molar-refractivity contribution is -0.115. The number of nitrogens with one attached hydrogen (secondary N) is 1. The Kier molecular flexibility index (Phi) is 4.02. The molecule has 0 aliphatic heterocycles. The standard InChI is InChI=1S/C16H13FN2O2S/c1-21-11-5-2-4-10(8-11)9-14(20)18-16-19-15-12(17)6-3-7-13(15)22-16/h2-8H,9H2,1H3,(H,18,19,20). The fourth-order valence-corrected chi connectivity index (χ4v) is 3.00. The molecule has 1 amide bonds. The lowest BCUT2D eigenvalue weighted by Gasteiger charge is -2.04. The second-order valence-electron chi connectivity index (χ2n) is 4.68. The topological polar surface area (TPSA) is 51.2 Å². The van der Waals surface area contributed by atoms with E-state index in [9.17, 15) is 9.18 Å². The number of fused-ring (bicyclic) bond motifs is 1. The molecule has 2 aromatic carbocycles. The molecule has 0 aliphatic carbocycles. The lowest BCUT2D eigenvalue weighted by atomic mass is 10.1. The Morgan fingerprint density at radius 1 is 1.32 bits per heavy atom. The third kappa shape index (κ3) is 3.07. The number of aromatic nitrogens is 1. The Morgan fingerprint density at radius 3 is 2.91 bits per heavy atom. The zero-order chi connectivity index (χ0) is 15.5. The van der Waals surface area contributed by atoms with Crippen LogP contribution < -0.4 is 10.1 Å². The highest BCUT2D eigenvalue weighted by atomic mass is 32.1. The van der Waals surface area contributed by atoms with E-state index in [2.05, 4.69) is 10.3 Å². The van der Waals surface area contributed by atoms with Crippen molar-refractivity contribution in [2.45, 2.75) is 6.42 Å². The zero-order valence-electron chi connectivity index (χ0n) is 11.8. The molecule has 6 heteroatoms. The van der Waals surface area contributed by atoms with Crippen LogP contribution in [0.3, 0.4) is 0 Å². The molecule has 0 saturated carbocycles. The van der Waals surface area contributed by atoms with Crippen LogP contribution in [0.25, 0.3) is 10.2 Å². The Hall–Kier alpha value is -2.47. The van der Waals surface area contributed by atoms with Gasteiger partial charge in [0.05, 0.1) is 18.2 Å². The van der Waals surface area contributed by atoms with Crippen LogP contribution >= 0.6 is 11.3 Å². The van der Waals surface area contributed by atoms with Gasteiger partial charge in [-0.25, -0.2) is 9.37 Å². The highest BCUT2D eigenvalue weighted by Crippen LogP contribution is 2.27. The smallest absolute Gasteiger partial charge is 0.230 e. The lowest BCUT2D eigenvalue weighted by Crippen LogP contribution is -2.14. The summed E-state index contributed by atoms with van der Waals surface area (Å²) in [5, 5.41) is 3.10. The van der Waals surface area contributed by atoms with Crippen molar-refractivity contribution in [1.82, 2.24) is 4.98 Å². The van der Waals surface area contributed by atoms with E-state index < -0.39 is 0 Å². The molecule has 0 atom stereocenters. The first-order chi connectivity index (χ1) is 10.7. The van der Waals surface area contributed by atoms with E-state index in [1.54, 1.807) is 25.3 Å². The number of carbonyl (C=O) groups is 1. The Balaban J connectivity index is 1.74. The average molecular weight is 316 g/mol. The van der Waals surface area contributed by atoms with Gasteiger partial charge in [-0.15, -0.1) is 0 Å². The summed E-state index contributed by atoms with van der Waals surface area (Å²) in [5.74, 6) is 0.113. The van der Waals surface area contributed by atoms with Crippen LogP contribution in [-0.4, -0.2) is 18.0 Å². The number of amides is 1. The van der Waals surface area contributed by atoms with Gasteiger partial charge in [-0.05, 0) is 29.8 Å². The molecule has 0 aliphatic rings. The van der Waals surface area contributed by atoms with Crippen LogP contribution in [0.2, 0.25) is 0 Å². The number of anilines is 1. The molecule has 4 nitrogen and oxygen atoms in total. The Morgan fingerprint density at radius 2 is 2.14 bits per heavy atom. The minimum atomic E-state index is -0.387. The second kappa shape index (κ2) is 6.11. The summed E-state index contributed by atoms with van der Waals surface area (Å²) in [7, 11) is 1.58. The summed E-state index contributed by atoms with van der Waals surface area (Å²) in [4.78, 5) is 16.2. The number of methoxy groups -OCH3 is 1. The fourth-order valence-electron chi connectivity index (χ4n) is 2.10. The van der Waals surface area contributed by atoms with Crippen molar-refractivity contribution < 1.29 is 13.9 Å². The number of rotatable bonds is 4. The van der Waals surface area contributed by atoms with E-state index in [4.69, 9.17) is 4.74 Å². The van der Waals surface area contributed by atoms with Crippen LogP contribution in [0, 0.1) is 5.82 Å². The van der Waals surface area contributed by atoms with E-state index in [1.165, 1.54) is 17.4 Å². The SMILES string of the molecule is COc1cccc(CC(=O)Nc2nc3c(F)cccc3s2)c1. The summed E-state index contributed by atoms with van der Waals surface area (Å²) in [6, 6.07) is 12.0. The minimum Gasteiger partial charge on any atom is -0.497 e. The molecule has 22 heavy (non-hydrogen) atoms. The Labute approximate surface area is 130 Å². The van der Waals surface area contributed by atoms with Crippen LogP contribution in [0.1, 0.15) is 5.56 Å². The van der Waals surface area contributed by atoms with E-state index in [0.29, 0.717) is 15.6 Å². The first-order valence-corrected chi connectivity index (χ1v) is 7.45. The zero-order valence-corrected chi connectivity index (χ0v) is 12.6. The molecule has 3 aromatic rings. The summed E-state index contributed by atoms with van der Waals surface area (Å²) >= 11 is 1.25. The number of hydrogen-bond acceptors (Lipinski definition) is 4. The van der Waals surface area contributed by atoms with Crippen molar-refractivity contribution in [2.75, 3.05) is 12.4 Å². The molecule has 112 valence electrons. The largest absolute Gasteiger partial charge is 0.497 e. The van der Waals surface area contributed by atoms with Gasteiger partial charge in [0.25, 0.3) is 0 Å². The van der Waals surface area contributed by atoms with E-state index in [1.807, 2.05) is 18.2 Å². The summed E-state index contributed by atoms with van der Waals surface area (Å²) in [5.41, 5.74) is 1.12. The predicted octanol–water partition coefficient (Wildman–Crippen LogP) is 3.63. The normalized spacial score (nSPS) is 10.6. The van der Waals surface area contributed by atoms with Gasteiger partial charge in [0.15, 0.2) is 5.13 Å². The fraction of sp³-hybridized carbons (Fsp3) is 0.125. The molecule has 1 N–H and O–H groups in total. The van der Waals surface area contributed by atoms with Gasteiger partial charge >= 0.3 is 0 Å². The van der Waals surface area contributed by atoms with Gasteiger partial charge < -0.3 is 10.1 Å². The highest BCUT2D eigenvalue weighted by molar-refractivity contribution is 7.22. The number of ether oxygens (including phenoxy) is 1. The molecule has 3 rings (SSSR count). The molecule has 1 aromatic heterocycles. The van der Waals surface area contributed by atoms with Gasteiger partial charge in [0, 0.05) is 0 Å². The maximum atomic E-state index is 13.6. The number of para-hydroxylation sites is 1. The van der Waals surface area contributed by atoms with Crippen molar-refractivity contribution in [3.8, 4) is 5.75 Å². The highest BCUT2D eigenvalue weighted by Gasteiger charge is 2.11. The number of nitrogens with zero attached hydrogens (tertiary/aromatic N) is 1. The first kappa shape index (κ1) is 14.5. The molecule has 0 bridgehead atoms. The number of benzene rings is 2. The second-order valence-corrected chi connectivity index (χ2v) is 5.71. The van der Waals surface area contributed by atoms with E-state index in [-0.39, 0.29) is 23.7 Å². The van der Waals surface area contributed by atoms with Crippen molar-refractivity contribution in [2.24, 2.45) is 0 Å². The number of carbonyl (C=O) groups excluding carboxylic acids is 1. The molecular formula is C16H13FN2O2S. The molecular weight excluding hydrogens is 303 g/mol. The minimum absolute atomic E-state index is 0.201. The van der Waals surface area contributed by atoms with Crippen molar-refractivity contribution in [1.29, 1.82) is 0 Å². The van der Waals surface area contributed by atoms with Crippen LogP contribution in [-0.2, 0) is 11.2 Å². The number of halogens is 1. The van der Waals surface area contributed by atoms with Gasteiger partial charge in [0.1, 0.15) is 17.1 Å². The maximum absolute atomic E-state index is 13.6. The predicted molar refractivity (Wildman–Crippen MR) is 84.9 cm³/mol. The van der Waals surface area contributed by atoms with Crippen molar-refractivity contribution >= 4 is 32.6 Å². The summed E-state index contributed by atoms with van der Waals surface area (Å²) in [6.45, 7) is 0. The molecule has 0 spiro atoms. The van der Waals surface area contributed by atoms with Gasteiger partial charge in [-0.3, -0.25) is 4.79 Å². The van der Waals surface area contributed by atoms with Crippen LogP contribution in [0.15, 0.2) is 42.5 Å². The average Bonchev–Trinajstić information content (AvgIpc) is 2.91. The van der Waals surface area contributed by atoms with Crippen LogP contribution in [0.4, 0.5) is 9.52 Å². The molecule has 1 heterocycles. The van der Waals surface area contributed by atoms with Gasteiger partial charge in [0.2, 0.25) is 5.91 Å². The third-order valence-corrected chi connectivity index (χ3v) is 4.05. The Bertz CT molecular complexity index is 832. The molecule has 0 saturated heterocycles. The number of thiazole rings is 1. The van der Waals surface area contributed by atoms with E-state index >= 15 is 0 Å².